The van der Waals surface area contributed by atoms with Crippen LogP contribution in [0.25, 0.3) is 85.9 Å². The third-order valence-corrected chi connectivity index (χ3v) is 13.1. The number of nitrogens with one attached hydrogen (secondary N) is 2. The number of amidine groups is 1. The molecule has 2 atom stereocenters. The Hall–Kier alpha value is -7.05. The van der Waals surface area contributed by atoms with E-state index in [4.69, 9.17) is 9.41 Å². The van der Waals surface area contributed by atoms with E-state index in [1.54, 1.807) is 0 Å². The summed E-state index contributed by atoms with van der Waals surface area (Å²) >= 11 is 1.87. The van der Waals surface area contributed by atoms with Crippen molar-refractivity contribution in [3.8, 4) is 22.3 Å². The molecule has 2 unspecified atom stereocenters. The molecule has 3 heterocycles. The van der Waals surface area contributed by atoms with Crippen LogP contribution in [0.1, 0.15) is 29.0 Å². The van der Waals surface area contributed by atoms with E-state index < -0.39 is 0 Å². The second-order valence-electron chi connectivity index (χ2n) is 15.1. The number of hydrogen-bond donors (Lipinski definition) is 2. The predicted octanol–water partition coefficient (Wildman–Crippen LogP) is 13.9. The van der Waals surface area contributed by atoms with E-state index in [1.807, 2.05) is 11.3 Å². The Labute approximate surface area is 338 Å². The molecule has 1 aliphatic heterocycles. The molecule has 11 aromatic rings. The molecule has 4 nitrogen and oxygen atoms in total. The van der Waals surface area contributed by atoms with Gasteiger partial charge < -0.3 is 9.73 Å². The minimum absolute atomic E-state index is 0.276. The van der Waals surface area contributed by atoms with Gasteiger partial charge in [0.2, 0.25) is 0 Å². The molecule has 1 aliphatic rings. The van der Waals surface area contributed by atoms with Crippen LogP contribution in [0.4, 0.5) is 0 Å². The summed E-state index contributed by atoms with van der Waals surface area (Å²) in [5.74, 6) is 0.841. The summed E-state index contributed by atoms with van der Waals surface area (Å²) in [6.45, 7) is 0. The first-order valence-electron chi connectivity index (χ1n) is 19.8. The van der Waals surface area contributed by atoms with Gasteiger partial charge in [-0.2, -0.15) is 0 Å². The van der Waals surface area contributed by atoms with Gasteiger partial charge in [0.1, 0.15) is 29.3 Å². The molecule has 58 heavy (non-hydrogen) atoms. The van der Waals surface area contributed by atoms with Crippen molar-refractivity contribution in [2.45, 2.75) is 12.3 Å². The van der Waals surface area contributed by atoms with Crippen molar-refractivity contribution >= 4 is 80.8 Å². The van der Waals surface area contributed by atoms with E-state index in [2.05, 4.69) is 199 Å². The van der Waals surface area contributed by atoms with E-state index in [0.717, 1.165) is 50.0 Å². The molecule has 0 fully saturated rings. The Kier molecular flexibility index (Phi) is 7.58. The lowest BCUT2D eigenvalue weighted by molar-refractivity contribution is 0.411. The first-order valence-corrected chi connectivity index (χ1v) is 20.6. The molecule has 0 aliphatic carbocycles. The summed E-state index contributed by atoms with van der Waals surface area (Å²) in [6, 6.07) is 67.3. The van der Waals surface area contributed by atoms with Crippen molar-refractivity contribution in [2.24, 2.45) is 4.99 Å². The molecule has 0 bridgehead atoms. The summed E-state index contributed by atoms with van der Waals surface area (Å²) in [5.41, 5.74) is 9.63. The average Bonchev–Trinajstić information content (AvgIpc) is 3.89. The lowest BCUT2D eigenvalue weighted by atomic mass is 9.95. The topological polar surface area (TPSA) is 49.6 Å². The zero-order valence-corrected chi connectivity index (χ0v) is 32.1. The maximum atomic E-state index is 6.91. The number of hydrogen-bond acceptors (Lipinski definition) is 5. The summed E-state index contributed by atoms with van der Waals surface area (Å²) in [7, 11) is 0. The number of rotatable bonds is 5. The number of benzene rings is 9. The van der Waals surface area contributed by atoms with Gasteiger partial charge >= 0.3 is 0 Å². The van der Waals surface area contributed by atoms with Gasteiger partial charge in [0.25, 0.3) is 0 Å². The number of furan rings is 1. The van der Waals surface area contributed by atoms with Crippen LogP contribution in [-0.2, 0) is 0 Å². The molecule has 0 radical (unpaired) electrons. The first-order chi connectivity index (χ1) is 28.7. The van der Waals surface area contributed by atoms with Crippen molar-refractivity contribution in [3.05, 3.63) is 205 Å². The Balaban J connectivity index is 1.03. The van der Waals surface area contributed by atoms with Crippen LogP contribution in [0.2, 0.25) is 0 Å². The highest BCUT2D eigenvalue weighted by Crippen LogP contribution is 2.46. The lowest BCUT2D eigenvalue weighted by Gasteiger charge is -2.33. The highest BCUT2D eigenvalue weighted by atomic mass is 32.1. The molecule has 12 rings (SSSR count). The average molecular weight is 762 g/mol. The molecular weight excluding hydrogens is 727 g/mol. The van der Waals surface area contributed by atoms with Crippen molar-refractivity contribution < 1.29 is 4.42 Å². The highest BCUT2D eigenvalue weighted by Gasteiger charge is 2.29. The number of thiophene rings is 1. The van der Waals surface area contributed by atoms with E-state index in [-0.39, 0.29) is 12.3 Å². The fraction of sp³-hybridized carbons (Fsp3) is 0.0377. The number of fused-ring (bicyclic) bond motifs is 9. The van der Waals surface area contributed by atoms with E-state index in [9.17, 15) is 0 Å². The predicted molar refractivity (Wildman–Crippen MR) is 244 cm³/mol. The van der Waals surface area contributed by atoms with Crippen molar-refractivity contribution in [3.63, 3.8) is 0 Å². The smallest absolute Gasteiger partial charge is 0.143 e. The van der Waals surface area contributed by atoms with Gasteiger partial charge in [-0.3, -0.25) is 5.32 Å². The quantitative estimate of drug-likeness (QED) is 0.184. The van der Waals surface area contributed by atoms with Gasteiger partial charge in [0.05, 0.1) is 0 Å². The van der Waals surface area contributed by atoms with E-state index in [0.29, 0.717) is 0 Å². The van der Waals surface area contributed by atoms with Gasteiger partial charge in [0, 0.05) is 53.2 Å². The fourth-order valence-electron chi connectivity index (χ4n) is 8.91. The van der Waals surface area contributed by atoms with Gasteiger partial charge in [-0.1, -0.05) is 176 Å². The minimum atomic E-state index is -0.297. The molecule has 0 saturated heterocycles. The lowest BCUT2D eigenvalue weighted by Crippen LogP contribution is -2.45. The van der Waals surface area contributed by atoms with Crippen molar-refractivity contribution in [2.75, 3.05) is 0 Å². The van der Waals surface area contributed by atoms with E-state index in [1.165, 1.54) is 58.4 Å². The van der Waals surface area contributed by atoms with Crippen molar-refractivity contribution in [1.29, 1.82) is 0 Å². The summed E-state index contributed by atoms with van der Waals surface area (Å²) in [6.07, 6.45) is -0.573. The van der Waals surface area contributed by atoms with Gasteiger partial charge in [-0.15, -0.1) is 11.3 Å². The molecule has 2 N–H and O–H groups in total. The Morgan fingerprint density at radius 1 is 0.483 bits per heavy atom. The maximum Gasteiger partial charge on any atom is 0.143 e. The molecule has 0 spiro atoms. The van der Waals surface area contributed by atoms with Crippen LogP contribution >= 0.6 is 11.3 Å². The van der Waals surface area contributed by atoms with Crippen LogP contribution in [0.15, 0.2) is 197 Å². The molecule has 0 saturated carbocycles. The fourth-order valence-corrected chi connectivity index (χ4v) is 10.3. The van der Waals surface area contributed by atoms with Crippen molar-refractivity contribution in [1.82, 2.24) is 10.6 Å². The highest BCUT2D eigenvalue weighted by molar-refractivity contribution is 7.27. The molecule has 2 aromatic heterocycles. The molecule has 0 amide bonds. The van der Waals surface area contributed by atoms with Crippen LogP contribution in [0.5, 0.6) is 0 Å². The summed E-state index contributed by atoms with van der Waals surface area (Å²) in [4.78, 5) is 5.35. The number of aliphatic imine (C=N–C) groups is 1. The molecule has 274 valence electrons. The number of nitrogens with zero attached hydrogens (tertiary/aromatic N) is 1. The Morgan fingerprint density at radius 2 is 1.17 bits per heavy atom. The normalized spacial score (nSPS) is 15.8. The molecule has 9 aromatic carbocycles. The maximum absolute atomic E-state index is 6.91. The largest absolute Gasteiger partial charge is 0.455 e. The minimum Gasteiger partial charge on any atom is -0.455 e. The molecule has 5 heteroatoms. The standard InChI is InChI=1S/C53H35N3OS/c1-2-11-32(12-3-1)34-21-24-36(25-22-34)51-54-52(38-26-23-33-13-4-5-15-37(33)31-38)56-53(55-51)45-30-29-40(48-47(45)44-17-8-9-20-46(44)57-48)41-18-10-19-42-43-28-27-35-14-6-7-16-39(35)49(43)58-50(41)42/h1-31,52-53,56H,(H,54,55). The second kappa shape index (κ2) is 13.3. The van der Waals surface area contributed by atoms with Crippen LogP contribution in [-0.4, -0.2) is 5.84 Å². The van der Waals surface area contributed by atoms with Gasteiger partial charge in [-0.25, -0.2) is 4.99 Å². The van der Waals surface area contributed by atoms with Crippen LogP contribution < -0.4 is 10.6 Å². The summed E-state index contributed by atoms with van der Waals surface area (Å²) in [5, 5.41) is 17.5. The van der Waals surface area contributed by atoms with Crippen LogP contribution in [0.3, 0.4) is 0 Å². The van der Waals surface area contributed by atoms with Crippen LogP contribution in [0, 0.1) is 0 Å². The zero-order valence-electron chi connectivity index (χ0n) is 31.3. The third-order valence-electron chi connectivity index (χ3n) is 11.8. The van der Waals surface area contributed by atoms with Gasteiger partial charge in [-0.05, 0) is 50.4 Å². The zero-order chi connectivity index (χ0) is 38.2. The first kappa shape index (κ1) is 33.1. The number of para-hydroxylation sites is 1. The molecular formula is C53H35N3OS. The van der Waals surface area contributed by atoms with E-state index >= 15 is 0 Å². The second-order valence-corrected chi connectivity index (χ2v) is 16.1. The summed E-state index contributed by atoms with van der Waals surface area (Å²) < 4.78 is 9.49. The third kappa shape index (κ3) is 5.36. The Bertz CT molecular complexity index is 3420. The Morgan fingerprint density at radius 3 is 2.05 bits per heavy atom. The van der Waals surface area contributed by atoms with Gasteiger partial charge in [0.15, 0.2) is 0 Å². The monoisotopic (exact) mass is 761 g/mol. The SMILES string of the molecule is c1ccc(-c2ccc(C3=NC(c4ccc5ccccc5c4)NC(c4ccc(-c5cccc6c5sc5c7ccccc7ccc65)c5oc6ccccc6c45)N3)cc2)cc1.